The molecule has 0 saturated heterocycles. The van der Waals surface area contributed by atoms with Crippen LogP contribution in [0, 0.1) is 5.82 Å². The molecule has 1 aromatic rings. The number of nitrogens with two attached hydrogens (primary N) is 1. The fourth-order valence-corrected chi connectivity index (χ4v) is 1.26. The average molecular weight is 196 g/mol. The van der Waals surface area contributed by atoms with Gasteiger partial charge in [0.25, 0.3) is 0 Å². The summed E-state index contributed by atoms with van der Waals surface area (Å²) in [7, 11) is 3.96. The molecule has 0 amide bonds. The van der Waals surface area contributed by atoms with Crippen LogP contribution in [0.5, 0.6) is 0 Å². The van der Waals surface area contributed by atoms with Crippen LogP contribution in [0.2, 0.25) is 0 Å². The van der Waals surface area contributed by atoms with Crippen LogP contribution in [0.15, 0.2) is 18.2 Å². The van der Waals surface area contributed by atoms with E-state index in [1.165, 1.54) is 6.07 Å². The van der Waals surface area contributed by atoms with Gasteiger partial charge in [-0.1, -0.05) is 12.1 Å². The van der Waals surface area contributed by atoms with E-state index in [-0.39, 0.29) is 5.82 Å². The van der Waals surface area contributed by atoms with E-state index in [2.05, 4.69) is 0 Å². The second-order valence-corrected chi connectivity index (χ2v) is 3.68. The minimum atomic E-state index is -0.144. The molecule has 0 spiro atoms. The van der Waals surface area contributed by atoms with Gasteiger partial charge >= 0.3 is 0 Å². The Labute approximate surface area is 84.5 Å². The maximum atomic E-state index is 13.4. The number of halogens is 1. The molecule has 2 N–H and O–H groups in total. The molecule has 0 aliphatic rings. The Bertz CT molecular complexity index is 297. The van der Waals surface area contributed by atoms with E-state index >= 15 is 0 Å². The second kappa shape index (κ2) is 5.08. The highest BCUT2D eigenvalue weighted by molar-refractivity contribution is 5.24. The lowest BCUT2D eigenvalue weighted by Gasteiger charge is -2.10. The number of likely N-dealkylation sites (N-methyl/N-ethyl adjacent to an activating group) is 1. The molecular formula is C11H17FN2. The van der Waals surface area contributed by atoms with Gasteiger partial charge < -0.3 is 10.6 Å². The van der Waals surface area contributed by atoms with Crippen LogP contribution >= 0.6 is 0 Å². The molecule has 1 rings (SSSR count). The van der Waals surface area contributed by atoms with Gasteiger partial charge in [0.2, 0.25) is 0 Å². The van der Waals surface area contributed by atoms with Crippen molar-refractivity contribution < 1.29 is 4.39 Å². The summed E-state index contributed by atoms with van der Waals surface area (Å²) in [5, 5.41) is 0. The minimum absolute atomic E-state index is 0.144. The van der Waals surface area contributed by atoms with Crippen LogP contribution < -0.4 is 5.73 Å². The monoisotopic (exact) mass is 196 g/mol. The summed E-state index contributed by atoms with van der Waals surface area (Å²) in [6, 6.07) is 5.22. The summed E-state index contributed by atoms with van der Waals surface area (Å²) >= 11 is 0. The first-order chi connectivity index (χ1) is 6.63. The second-order valence-electron chi connectivity index (χ2n) is 3.68. The van der Waals surface area contributed by atoms with Crippen molar-refractivity contribution in [3.63, 3.8) is 0 Å². The average Bonchev–Trinajstić information content (AvgIpc) is 2.15. The van der Waals surface area contributed by atoms with Crippen molar-refractivity contribution >= 4 is 0 Å². The van der Waals surface area contributed by atoms with Gasteiger partial charge in [-0.15, -0.1) is 0 Å². The highest BCUT2D eigenvalue weighted by Gasteiger charge is 2.03. The molecule has 0 aliphatic heterocycles. The van der Waals surface area contributed by atoms with Gasteiger partial charge in [0.05, 0.1) is 0 Å². The van der Waals surface area contributed by atoms with Crippen LogP contribution in [0.25, 0.3) is 0 Å². The Kier molecular flexibility index (Phi) is 4.04. The Hall–Kier alpha value is -0.930. The highest BCUT2D eigenvalue weighted by Crippen LogP contribution is 2.10. The van der Waals surface area contributed by atoms with Crippen molar-refractivity contribution in [1.82, 2.24) is 4.90 Å². The number of hydrogen-bond donors (Lipinski definition) is 1. The van der Waals surface area contributed by atoms with Crippen molar-refractivity contribution in [2.75, 3.05) is 20.6 Å². The smallest absolute Gasteiger partial charge is 0.126 e. The molecule has 0 unspecified atom stereocenters. The third kappa shape index (κ3) is 3.09. The van der Waals surface area contributed by atoms with Crippen LogP contribution in [0.4, 0.5) is 4.39 Å². The fourth-order valence-electron chi connectivity index (χ4n) is 1.26. The van der Waals surface area contributed by atoms with Gasteiger partial charge in [-0.05, 0) is 37.7 Å². The quantitative estimate of drug-likeness (QED) is 0.788. The maximum absolute atomic E-state index is 13.4. The summed E-state index contributed by atoms with van der Waals surface area (Å²) in [6.07, 6.45) is 0.740. The largest absolute Gasteiger partial charge is 0.326 e. The molecule has 0 heterocycles. The van der Waals surface area contributed by atoms with E-state index in [9.17, 15) is 4.39 Å². The van der Waals surface area contributed by atoms with Crippen molar-refractivity contribution in [2.45, 2.75) is 13.0 Å². The molecule has 78 valence electrons. The van der Waals surface area contributed by atoms with Gasteiger partial charge in [0.15, 0.2) is 0 Å². The van der Waals surface area contributed by atoms with Crippen molar-refractivity contribution in [3.05, 3.63) is 35.1 Å². The molecule has 0 aromatic heterocycles. The van der Waals surface area contributed by atoms with E-state index in [0.29, 0.717) is 6.54 Å². The third-order valence-electron chi connectivity index (χ3n) is 2.18. The fraction of sp³-hybridized carbons (Fsp3) is 0.455. The summed E-state index contributed by atoms with van der Waals surface area (Å²) in [5.74, 6) is -0.144. The molecular weight excluding hydrogens is 179 g/mol. The molecule has 0 atom stereocenters. The third-order valence-corrected chi connectivity index (χ3v) is 2.18. The summed E-state index contributed by atoms with van der Waals surface area (Å²) in [4.78, 5) is 2.04. The van der Waals surface area contributed by atoms with E-state index in [0.717, 1.165) is 24.1 Å². The molecule has 2 nitrogen and oxygen atoms in total. The van der Waals surface area contributed by atoms with E-state index in [1.807, 2.05) is 31.1 Å². The zero-order valence-electron chi connectivity index (χ0n) is 8.76. The van der Waals surface area contributed by atoms with Crippen LogP contribution in [-0.2, 0) is 13.0 Å². The Morgan fingerprint density at radius 3 is 2.57 bits per heavy atom. The molecule has 0 radical (unpaired) electrons. The number of benzene rings is 1. The zero-order valence-corrected chi connectivity index (χ0v) is 8.76. The van der Waals surface area contributed by atoms with Gasteiger partial charge in [0, 0.05) is 13.1 Å². The van der Waals surface area contributed by atoms with E-state index in [1.54, 1.807) is 0 Å². The van der Waals surface area contributed by atoms with Crippen LogP contribution in [0.1, 0.15) is 11.1 Å². The minimum Gasteiger partial charge on any atom is -0.326 e. The molecule has 0 bridgehead atoms. The summed E-state index contributed by atoms with van der Waals surface area (Å²) in [5.41, 5.74) is 7.02. The Morgan fingerprint density at radius 1 is 1.36 bits per heavy atom. The zero-order chi connectivity index (χ0) is 10.6. The molecule has 0 aliphatic carbocycles. The van der Waals surface area contributed by atoms with Gasteiger partial charge in [-0.2, -0.15) is 0 Å². The SMILES string of the molecule is CN(C)CCc1ccc(CN)cc1F. The molecule has 0 saturated carbocycles. The van der Waals surface area contributed by atoms with E-state index in [4.69, 9.17) is 5.73 Å². The summed E-state index contributed by atoms with van der Waals surface area (Å²) in [6.45, 7) is 1.25. The van der Waals surface area contributed by atoms with Gasteiger partial charge in [-0.3, -0.25) is 0 Å². The lowest BCUT2D eigenvalue weighted by molar-refractivity contribution is 0.410. The van der Waals surface area contributed by atoms with Gasteiger partial charge in [-0.25, -0.2) is 4.39 Å². The molecule has 3 heteroatoms. The first kappa shape index (κ1) is 11.1. The Balaban J connectivity index is 2.69. The van der Waals surface area contributed by atoms with Crippen molar-refractivity contribution in [1.29, 1.82) is 0 Å². The number of nitrogens with zero attached hydrogens (tertiary/aromatic N) is 1. The van der Waals surface area contributed by atoms with Crippen molar-refractivity contribution in [3.8, 4) is 0 Å². The van der Waals surface area contributed by atoms with Crippen LogP contribution in [-0.4, -0.2) is 25.5 Å². The first-order valence-electron chi connectivity index (χ1n) is 4.75. The molecule has 14 heavy (non-hydrogen) atoms. The topological polar surface area (TPSA) is 29.3 Å². The predicted octanol–water partition coefficient (Wildman–Crippen LogP) is 1.39. The maximum Gasteiger partial charge on any atom is 0.126 e. The lowest BCUT2D eigenvalue weighted by atomic mass is 10.1. The molecule has 0 fully saturated rings. The predicted molar refractivity (Wildman–Crippen MR) is 56.5 cm³/mol. The molecule has 1 aromatic carbocycles. The number of hydrogen-bond acceptors (Lipinski definition) is 2. The Morgan fingerprint density at radius 2 is 2.07 bits per heavy atom. The van der Waals surface area contributed by atoms with Gasteiger partial charge in [0.1, 0.15) is 5.82 Å². The van der Waals surface area contributed by atoms with E-state index < -0.39 is 0 Å². The lowest BCUT2D eigenvalue weighted by Crippen LogP contribution is -2.15. The highest BCUT2D eigenvalue weighted by atomic mass is 19.1. The normalized spacial score (nSPS) is 10.9. The summed E-state index contributed by atoms with van der Waals surface area (Å²) < 4.78 is 13.4. The van der Waals surface area contributed by atoms with Crippen molar-refractivity contribution in [2.24, 2.45) is 5.73 Å². The number of rotatable bonds is 4. The standard InChI is InChI=1S/C11H17FN2/c1-14(2)6-5-10-4-3-9(8-13)7-11(10)12/h3-4,7H,5-6,8,13H2,1-2H3. The van der Waals surface area contributed by atoms with Crippen LogP contribution in [0.3, 0.4) is 0 Å². The first-order valence-corrected chi connectivity index (χ1v) is 4.75.